The van der Waals surface area contributed by atoms with Gasteiger partial charge in [0.15, 0.2) is 0 Å². The molecule has 2 aromatic carbocycles. The number of esters is 1. The highest BCUT2D eigenvalue weighted by Crippen LogP contribution is 2.43. The minimum absolute atomic E-state index is 0.0878. The van der Waals surface area contributed by atoms with Gasteiger partial charge in [-0.05, 0) is 95.9 Å². The number of carbonyl (C=O) groups is 5. The van der Waals surface area contributed by atoms with Crippen molar-refractivity contribution < 1.29 is 37.5 Å². The maximum absolute atomic E-state index is 15.4. The first-order chi connectivity index (χ1) is 26.1. The molecule has 0 radical (unpaired) electrons. The molecule has 0 unspecified atom stereocenters. The van der Waals surface area contributed by atoms with Gasteiger partial charge in [0, 0.05) is 63.8 Å². The second-order valence-corrected chi connectivity index (χ2v) is 18.5. The molecule has 1 N–H and O–H groups in total. The minimum Gasteiger partial charge on any atom is -0.373 e. The van der Waals surface area contributed by atoms with E-state index in [1.54, 1.807) is 51.0 Å². The van der Waals surface area contributed by atoms with E-state index >= 15 is 4.39 Å². The van der Waals surface area contributed by atoms with E-state index in [0.717, 1.165) is 31.7 Å². The quantitative estimate of drug-likeness (QED) is 0.237. The number of ether oxygens (including phenoxy) is 1. The van der Waals surface area contributed by atoms with Crippen molar-refractivity contribution in [2.45, 2.75) is 110 Å². The van der Waals surface area contributed by atoms with Crippen LogP contribution in [0, 0.1) is 28.4 Å². The first-order valence-corrected chi connectivity index (χ1v) is 19.7. The minimum atomic E-state index is -1.16. The molecule has 2 saturated heterocycles. The molecule has 11 nitrogen and oxygen atoms in total. The van der Waals surface area contributed by atoms with Crippen LogP contribution in [0.1, 0.15) is 102 Å². The number of likely N-dealkylation sites (tertiary alicyclic amines) is 2. The maximum atomic E-state index is 15.4. The molecule has 306 valence electrons. The molecule has 56 heavy (non-hydrogen) atoms. The fourth-order valence-electron chi connectivity index (χ4n) is 8.49. The Hall–Kier alpha value is -4.39. The molecule has 2 aromatic rings. The smallest absolute Gasteiger partial charge is 0.373 e. The summed E-state index contributed by atoms with van der Waals surface area (Å²) in [5, 5.41) is 2.60. The fraction of sp³-hybridized carbons (Fsp3) is 0.605. The molecular weight excluding hydrogens is 720 g/mol. The van der Waals surface area contributed by atoms with Crippen molar-refractivity contribution in [3.63, 3.8) is 0 Å². The van der Waals surface area contributed by atoms with Crippen molar-refractivity contribution in [3.8, 4) is 0 Å². The Morgan fingerprint density at radius 3 is 2.12 bits per heavy atom. The Balaban J connectivity index is 1.44. The Kier molecular flexibility index (Phi) is 12.7. The summed E-state index contributed by atoms with van der Waals surface area (Å²) in [7, 11) is 3.27. The van der Waals surface area contributed by atoms with Crippen molar-refractivity contribution in [3.05, 3.63) is 71.3 Å². The number of carbonyl (C=O) groups excluding carboxylic acids is 5. The van der Waals surface area contributed by atoms with Gasteiger partial charge in [0.25, 0.3) is 0 Å². The molecule has 4 amide bonds. The molecule has 2 heterocycles. The van der Waals surface area contributed by atoms with Crippen LogP contribution < -0.4 is 5.32 Å². The third kappa shape index (κ3) is 9.58. The van der Waals surface area contributed by atoms with E-state index < -0.39 is 53.0 Å². The summed E-state index contributed by atoms with van der Waals surface area (Å²) < 4.78 is 34.4. The Morgan fingerprint density at radius 1 is 0.893 bits per heavy atom. The van der Waals surface area contributed by atoms with Gasteiger partial charge in [-0.15, -0.1) is 0 Å². The van der Waals surface area contributed by atoms with Gasteiger partial charge in [0.05, 0.1) is 22.9 Å². The standard InChI is InChI=1S/C43H59F2N5O6/c1-41(2,3)48-24-32(31-16-15-28(44)21-34(31)45)33(25-48)36(51)49-23-30(22-35(49)37(52)47(8)9)50(29-17-19-42(4,5)20-18-29)39(54)43(6,7)26-46-40(55)56-38(53)27-13-11-10-12-14-27/h10-16,21,29-30,32-33,35H,17-20,22-26H2,1-9H3,(H,46,55)/t30-,32-,33+,35-/m0/s1. The summed E-state index contributed by atoms with van der Waals surface area (Å²) in [4.78, 5) is 76.0. The molecular formula is C43H59F2N5O6. The number of benzene rings is 2. The number of likely N-dealkylation sites (N-methyl/N-ethyl adjacent to an activating group) is 1. The van der Waals surface area contributed by atoms with E-state index in [1.807, 2.05) is 25.7 Å². The van der Waals surface area contributed by atoms with Crippen LogP contribution in [-0.4, -0.2) is 113 Å². The lowest BCUT2D eigenvalue weighted by atomic mass is 9.74. The number of halogens is 2. The predicted molar refractivity (Wildman–Crippen MR) is 208 cm³/mol. The molecule has 3 fully saturated rings. The van der Waals surface area contributed by atoms with E-state index in [-0.39, 0.29) is 65.4 Å². The van der Waals surface area contributed by atoms with Crippen molar-refractivity contribution in [1.29, 1.82) is 0 Å². The van der Waals surface area contributed by atoms with Crippen LogP contribution in [-0.2, 0) is 19.1 Å². The van der Waals surface area contributed by atoms with Crippen molar-refractivity contribution in [1.82, 2.24) is 24.9 Å². The van der Waals surface area contributed by atoms with Crippen LogP contribution in [0.3, 0.4) is 0 Å². The summed E-state index contributed by atoms with van der Waals surface area (Å²) in [5.41, 5.74) is -0.962. The van der Waals surface area contributed by atoms with Crippen LogP contribution in [0.5, 0.6) is 0 Å². The highest BCUT2D eigenvalue weighted by atomic mass is 19.1. The summed E-state index contributed by atoms with van der Waals surface area (Å²) in [6, 6.07) is 9.99. The molecule has 5 rings (SSSR count). The maximum Gasteiger partial charge on any atom is 0.415 e. The second-order valence-electron chi connectivity index (χ2n) is 18.5. The van der Waals surface area contributed by atoms with Crippen molar-refractivity contribution in [2.75, 3.05) is 40.3 Å². The van der Waals surface area contributed by atoms with Crippen LogP contribution in [0.4, 0.5) is 13.6 Å². The topological polar surface area (TPSA) is 120 Å². The predicted octanol–water partition coefficient (Wildman–Crippen LogP) is 6.23. The Morgan fingerprint density at radius 2 is 1.54 bits per heavy atom. The van der Waals surface area contributed by atoms with Crippen LogP contribution in [0.25, 0.3) is 0 Å². The first-order valence-electron chi connectivity index (χ1n) is 19.7. The van der Waals surface area contributed by atoms with E-state index in [2.05, 4.69) is 24.1 Å². The number of nitrogens with zero attached hydrogens (tertiary/aromatic N) is 4. The first kappa shape index (κ1) is 42.7. The number of hydrogen-bond acceptors (Lipinski definition) is 7. The molecule has 0 aromatic heterocycles. The summed E-state index contributed by atoms with van der Waals surface area (Å²) >= 11 is 0. The van der Waals surface area contributed by atoms with E-state index in [4.69, 9.17) is 4.74 Å². The number of nitrogens with one attached hydrogen (secondary N) is 1. The Labute approximate surface area is 330 Å². The van der Waals surface area contributed by atoms with Gasteiger partial charge >= 0.3 is 12.1 Å². The molecule has 0 spiro atoms. The van der Waals surface area contributed by atoms with Crippen LogP contribution in [0.2, 0.25) is 0 Å². The average Bonchev–Trinajstić information content (AvgIpc) is 3.77. The van der Waals surface area contributed by atoms with Crippen molar-refractivity contribution >= 4 is 29.8 Å². The molecule has 13 heteroatoms. The summed E-state index contributed by atoms with van der Waals surface area (Å²) in [6.07, 6.45) is 2.42. The SMILES string of the molecule is CN(C)C(=O)[C@@H]1C[C@H](N(C(=O)C(C)(C)CNC(=O)OC(=O)c2ccccc2)C2CCC(C)(C)CC2)CN1C(=O)[C@@H]1CN(C(C)(C)C)C[C@H]1c1ccc(F)cc1F. The Bertz CT molecular complexity index is 1780. The highest BCUT2D eigenvalue weighted by molar-refractivity contribution is 5.96. The van der Waals surface area contributed by atoms with Gasteiger partial charge in [0.2, 0.25) is 17.7 Å². The molecule has 2 aliphatic heterocycles. The third-order valence-corrected chi connectivity index (χ3v) is 12.0. The monoisotopic (exact) mass is 779 g/mol. The number of amides is 4. The fourth-order valence-corrected chi connectivity index (χ4v) is 8.49. The molecule has 1 saturated carbocycles. The largest absolute Gasteiger partial charge is 0.415 e. The van der Waals surface area contributed by atoms with Gasteiger partial charge < -0.3 is 24.8 Å². The number of alkyl carbamates (subject to hydrolysis) is 1. The number of hydrogen-bond donors (Lipinski definition) is 1. The number of rotatable bonds is 9. The van der Waals surface area contributed by atoms with E-state index in [0.29, 0.717) is 13.1 Å². The molecule has 1 aliphatic carbocycles. The van der Waals surface area contributed by atoms with Gasteiger partial charge in [-0.2, -0.15) is 0 Å². The lowest BCUT2D eigenvalue weighted by molar-refractivity contribution is -0.147. The van der Waals surface area contributed by atoms with E-state index in [9.17, 15) is 28.4 Å². The molecule has 0 bridgehead atoms. The van der Waals surface area contributed by atoms with Gasteiger partial charge in [0.1, 0.15) is 17.7 Å². The van der Waals surface area contributed by atoms with Gasteiger partial charge in [-0.3, -0.25) is 19.3 Å². The van der Waals surface area contributed by atoms with Gasteiger partial charge in [-0.25, -0.2) is 18.4 Å². The molecule has 3 aliphatic rings. The van der Waals surface area contributed by atoms with Gasteiger partial charge in [-0.1, -0.05) is 38.1 Å². The average molecular weight is 780 g/mol. The summed E-state index contributed by atoms with van der Waals surface area (Å²) in [5.74, 6) is -4.39. The lowest BCUT2D eigenvalue weighted by Gasteiger charge is -2.45. The third-order valence-electron chi connectivity index (χ3n) is 12.0. The van der Waals surface area contributed by atoms with Crippen molar-refractivity contribution in [2.24, 2.45) is 16.7 Å². The summed E-state index contributed by atoms with van der Waals surface area (Å²) in [6.45, 7) is 14.6. The van der Waals surface area contributed by atoms with Crippen LogP contribution in [0.15, 0.2) is 48.5 Å². The van der Waals surface area contributed by atoms with Crippen LogP contribution >= 0.6 is 0 Å². The lowest BCUT2D eigenvalue weighted by Crippen LogP contribution is -2.56. The zero-order valence-electron chi connectivity index (χ0n) is 34.4. The zero-order chi connectivity index (χ0) is 41.3. The normalized spacial score (nSPS) is 23.1. The highest BCUT2D eigenvalue weighted by Gasteiger charge is 2.52. The second kappa shape index (κ2) is 16.6. The van der Waals surface area contributed by atoms with E-state index in [1.165, 1.54) is 29.2 Å². The molecule has 4 atom stereocenters. The zero-order valence-corrected chi connectivity index (χ0v) is 34.4.